The molecule has 3 atom stereocenters. The average molecular weight is 572 g/mol. The van der Waals surface area contributed by atoms with Crippen molar-refractivity contribution in [3.63, 3.8) is 0 Å². The Kier molecular flexibility index (Phi) is 8.76. The highest BCUT2D eigenvalue weighted by molar-refractivity contribution is 7.89. The number of para-hydroxylation sites is 1. The largest absolute Gasteiger partial charge is 0.486 e. The molecule has 2 heterocycles. The highest BCUT2D eigenvalue weighted by atomic mass is 32.2. The SMILES string of the molecule is C[C@H]1CN([C@@H](C)CO)C(=O)c2cccc(NC(=O)c3cnccn3)c2O[C@H]1CN(C)S(=O)(=O)c1ccc(F)cc1. The Hall–Kier alpha value is -3.94. The van der Waals surface area contributed by atoms with E-state index in [2.05, 4.69) is 15.3 Å². The van der Waals surface area contributed by atoms with Crippen LogP contribution >= 0.6 is 0 Å². The first kappa shape index (κ1) is 29.1. The van der Waals surface area contributed by atoms with Crippen LogP contribution in [-0.2, 0) is 10.0 Å². The third kappa shape index (κ3) is 6.11. The molecule has 11 nitrogen and oxygen atoms in total. The van der Waals surface area contributed by atoms with E-state index in [1.165, 1.54) is 42.7 Å². The minimum absolute atomic E-state index is 0.0443. The molecule has 0 bridgehead atoms. The number of carbonyl (C=O) groups is 2. The first-order valence-electron chi connectivity index (χ1n) is 12.5. The average Bonchev–Trinajstić information content (AvgIpc) is 2.95. The zero-order chi connectivity index (χ0) is 29.0. The van der Waals surface area contributed by atoms with Crippen LogP contribution in [0.2, 0.25) is 0 Å². The van der Waals surface area contributed by atoms with Crippen LogP contribution < -0.4 is 10.1 Å². The monoisotopic (exact) mass is 571 g/mol. The van der Waals surface area contributed by atoms with E-state index in [0.29, 0.717) is 0 Å². The molecule has 1 aliphatic rings. The van der Waals surface area contributed by atoms with Crippen molar-refractivity contribution >= 4 is 27.5 Å². The Balaban J connectivity index is 1.72. The topological polar surface area (TPSA) is 142 Å². The number of aliphatic hydroxyl groups excluding tert-OH is 1. The minimum atomic E-state index is -4.01. The van der Waals surface area contributed by atoms with Crippen molar-refractivity contribution in [2.24, 2.45) is 5.92 Å². The molecule has 0 spiro atoms. The number of ether oxygens (including phenoxy) is 1. The highest BCUT2D eigenvalue weighted by Crippen LogP contribution is 2.35. The zero-order valence-corrected chi connectivity index (χ0v) is 23.0. The molecule has 0 saturated heterocycles. The van der Waals surface area contributed by atoms with E-state index < -0.39 is 45.7 Å². The molecule has 0 unspecified atom stereocenters. The second-order valence-electron chi connectivity index (χ2n) is 9.59. The number of carbonyl (C=O) groups excluding carboxylic acids is 2. The Bertz CT molecular complexity index is 1470. The lowest BCUT2D eigenvalue weighted by atomic mass is 9.99. The molecule has 2 N–H and O–H groups in total. The lowest BCUT2D eigenvalue weighted by Crippen LogP contribution is -2.50. The third-order valence-electron chi connectivity index (χ3n) is 6.69. The molecule has 4 rings (SSSR count). The normalized spacial score (nSPS) is 18.4. The molecule has 0 fully saturated rings. The van der Waals surface area contributed by atoms with Gasteiger partial charge in [-0.1, -0.05) is 13.0 Å². The van der Waals surface area contributed by atoms with Crippen LogP contribution in [0.3, 0.4) is 0 Å². The smallest absolute Gasteiger partial charge is 0.275 e. The highest BCUT2D eigenvalue weighted by Gasteiger charge is 2.36. The number of halogens is 1. The summed E-state index contributed by atoms with van der Waals surface area (Å²) < 4.78 is 47.3. The lowest BCUT2D eigenvalue weighted by Gasteiger charge is -2.38. The number of sulfonamides is 1. The van der Waals surface area contributed by atoms with Gasteiger partial charge in [0.2, 0.25) is 10.0 Å². The second kappa shape index (κ2) is 12.1. The maximum absolute atomic E-state index is 13.6. The van der Waals surface area contributed by atoms with Crippen molar-refractivity contribution < 1.29 is 32.2 Å². The van der Waals surface area contributed by atoms with E-state index in [9.17, 15) is 27.5 Å². The van der Waals surface area contributed by atoms with Gasteiger partial charge in [-0.2, -0.15) is 4.31 Å². The number of aromatic nitrogens is 2. The lowest BCUT2D eigenvalue weighted by molar-refractivity contribution is 0.0388. The van der Waals surface area contributed by atoms with Crippen LogP contribution in [-0.4, -0.2) is 83.4 Å². The van der Waals surface area contributed by atoms with Gasteiger partial charge in [0.25, 0.3) is 11.8 Å². The summed E-state index contributed by atoms with van der Waals surface area (Å²) in [5, 5.41) is 12.6. The van der Waals surface area contributed by atoms with E-state index in [4.69, 9.17) is 4.74 Å². The number of rotatable bonds is 8. The minimum Gasteiger partial charge on any atom is -0.486 e. The van der Waals surface area contributed by atoms with E-state index in [1.807, 2.05) is 0 Å². The summed E-state index contributed by atoms with van der Waals surface area (Å²) in [6.07, 6.45) is 3.30. The number of hydrogen-bond donors (Lipinski definition) is 2. The second-order valence-corrected chi connectivity index (χ2v) is 11.6. The molecule has 0 radical (unpaired) electrons. The fourth-order valence-electron chi connectivity index (χ4n) is 4.30. The van der Waals surface area contributed by atoms with Gasteiger partial charge in [-0.05, 0) is 43.3 Å². The van der Waals surface area contributed by atoms with E-state index in [1.54, 1.807) is 32.0 Å². The molecular formula is C27H30FN5O6S. The first-order valence-corrected chi connectivity index (χ1v) is 14.0. The maximum Gasteiger partial charge on any atom is 0.275 e. The molecule has 40 heavy (non-hydrogen) atoms. The first-order chi connectivity index (χ1) is 19.0. The van der Waals surface area contributed by atoms with Gasteiger partial charge in [-0.25, -0.2) is 17.8 Å². The molecule has 0 saturated carbocycles. The molecular weight excluding hydrogens is 541 g/mol. The molecule has 13 heteroatoms. The Morgan fingerprint density at radius 3 is 2.62 bits per heavy atom. The molecule has 2 aromatic carbocycles. The maximum atomic E-state index is 13.6. The number of hydrogen-bond acceptors (Lipinski definition) is 8. The van der Waals surface area contributed by atoms with E-state index >= 15 is 0 Å². The van der Waals surface area contributed by atoms with Crippen molar-refractivity contribution in [3.05, 3.63) is 78.1 Å². The summed E-state index contributed by atoms with van der Waals surface area (Å²) in [5.41, 5.74) is 0.363. The van der Waals surface area contributed by atoms with Crippen molar-refractivity contribution in [2.75, 3.05) is 32.1 Å². The summed E-state index contributed by atoms with van der Waals surface area (Å²) >= 11 is 0. The molecule has 1 aromatic heterocycles. The van der Waals surface area contributed by atoms with Gasteiger partial charge >= 0.3 is 0 Å². The number of aliphatic hydroxyl groups is 1. The summed E-state index contributed by atoms with van der Waals surface area (Å²) in [5.74, 6) is -1.90. The van der Waals surface area contributed by atoms with Crippen molar-refractivity contribution in [1.82, 2.24) is 19.2 Å². The Morgan fingerprint density at radius 2 is 1.98 bits per heavy atom. The van der Waals surface area contributed by atoms with Crippen molar-refractivity contribution in [3.8, 4) is 5.75 Å². The summed E-state index contributed by atoms with van der Waals surface area (Å²) in [4.78, 5) is 35.8. The van der Waals surface area contributed by atoms with Gasteiger partial charge in [0, 0.05) is 31.9 Å². The van der Waals surface area contributed by atoms with E-state index in [0.717, 1.165) is 16.4 Å². The van der Waals surface area contributed by atoms with Crippen LogP contribution in [0.5, 0.6) is 5.75 Å². The molecule has 212 valence electrons. The summed E-state index contributed by atoms with van der Waals surface area (Å²) in [7, 11) is -2.62. The number of amides is 2. The number of fused-ring (bicyclic) bond motifs is 1. The quantitative estimate of drug-likeness (QED) is 0.420. The van der Waals surface area contributed by atoms with Crippen molar-refractivity contribution in [2.45, 2.75) is 30.9 Å². The number of benzene rings is 2. The predicted molar refractivity (Wildman–Crippen MR) is 144 cm³/mol. The van der Waals surface area contributed by atoms with Crippen molar-refractivity contribution in [1.29, 1.82) is 0 Å². The van der Waals surface area contributed by atoms with Crippen LogP contribution in [0.15, 0.2) is 66.0 Å². The Morgan fingerprint density at radius 1 is 1.25 bits per heavy atom. The number of likely N-dealkylation sites (N-methyl/N-ethyl adjacent to an activating group) is 1. The van der Waals surface area contributed by atoms with Crippen LogP contribution in [0.4, 0.5) is 10.1 Å². The summed E-state index contributed by atoms with van der Waals surface area (Å²) in [6.45, 7) is 3.26. The fraction of sp³-hybridized carbons (Fsp3) is 0.333. The van der Waals surface area contributed by atoms with Gasteiger partial charge in [0.1, 0.15) is 17.6 Å². The van der Waals surface area contributed by atoms with Gasteiger partial charge in [-0.3, -0.25) is 14.6 Å². The molecule has 3 aromatic rings. The zero-order valence-electron chi connectivity index (χ0n) is 22.2. The molecule has 2 amide bonds. The van der Waals surface area contributed by atoms with Crippen LogP contribution in [0.25, 0.3) is 0 Å². The van der Waals surface area contributed by atoms with Crippen LogP contribution in [0.1, 0.15) is 34.7 Å². The van der Waals surface area contributed by atoms with E-state index in [-0.39, 0.29) is 47.3 Å². The van der Waals surface area contributed by atoms with Gasteiger partial charge in [0.05, 0.1) is 41.5 Å². The van der Waals surface area contributed by atoms with Gasteiger partial charge < -0.3 is 20.1 Å². The molecule has 1 aliphatic heterocycles. The number of anilines is 1. The summed E-state index contributed by atoms with van der Waals surface area (Å²) in [6, 6.07) is 8.64. The standard InChI is InChI=1S/C27H30FN5O6S/c1-17-14-33(18(2)16-34)27(36)21-5-4-6-22(31-26(35)23-13-29-11-12-30-23)25(21)39-24(17)15-32(3)40(37,38)20-9-7-19(28)8-10-20/h4-13,17-18,24,34H,14-16H2,1-3H3,(H,31,35)/t17-,18-,24-/m0/s1. The van der Waals surface area contributed by atoms with Crippen LogP contribution in [0, 0.1) is 11.7 Å². The third-order valence-corrected chi connectivity index (χ3v) is 8.53. The Labute approximate surface area is 231 Å². The fourth-order valence-corrected chi connectivity index (χ4v) is 5.48. The van der Waals surface area contributed by atoms with Gasteiger partial charge in [-0.15, -0.1) is 0 Å². The number of nitrogens with zero attached hydrogens (tertiary/aromatic N) is 4. The predicted octanol–water partition coefficient (Wildman–Crippen LogP) is 2.41. The number of nitrogens with one attached hydrogen (secondary N) is 1. The molecule has 0 aliphatic carbocycles. The van der Waals surface area contributed by atoms with Gasteiger partial charge in [0.15, 0.2) is 5.75 Å².